The van der Waals surface area contributed by atoms with Gasteiger partial charge in [-0.2, -0.15) is 20.3 Å². The molecule has 0 saturated heterocycles. The summed E-state index contributed by atoms with van der Waals surface area (Å²) in [6.07, 6.45) is 3.32. The van der Waals surface area contributed by atoms with Gasteiger partial charge in [0.2, 0.25) is 0 Å². The fraction of sp³-hybridized carbons (Fsp3) is 0.714. The van der Waals surface area contributed by atoms with E-state index in [0.29, 0.717) is 0 Å². The van der Waals surface area contributed by atoms with E-state index in [4.69, 9.17) is 0 Å². The topological polar surface area (TPSA) is 9.23 Å². The van der Waals surface area contributed by atoms with Crippen LogP contribution in [0.2, 0.25) is 0 Å². The number of rotatable bonds is 2. The van der Waals surface area contributed by atoms with Gasteiger partial charge in [-0.05, 0) is 7.11 Å². The van der Waals surface area contributed by atoms with Crippen LogP contribution in [0.3, 0.4) is 0 Å². The average Bonchev–Trinajstić information content (AvgIpc) is 1.88. The van der Waals surface area contributed by atoms with Gasteiger partial charge < -0.3 is 11.2 Å². The Bertz CT molecular complexity index is 26.1. The van der Waals surface area contributed by atoms with Gasteiger partial charge in [-0.15, -0.1) is 0 Å². The van der Waals surface area contributed by atoms with Crippen LogP contribution in [-0.4, -0.2) is 7.11 Å². The summed E-state index contributed by atoms with van der Waals surface area (Å²) in [6, 6.07) is 0. The van der Waals surface area contributed by atoms with Crippen LogP contribution in [0.4, 0.5) is 0 Å². The van der Waals surface area contributed by atoms with Crippen molar-refractivity contribution in [2.75, 3.05) is 7.11 Å². The first-order chi connectivity index (χ1) is 3.83. The van der Waals surface area contributed by atoms with E-state index in [1.807, 2.05) is 6.92 Å². The molecule has 0 aromatic heterocycles. The zero-order valence-electron chi connectivity index (χ0n) is 9.73. The molecule has 0 aliphatic rings. The molecule has 0 rings (SSSR count). The monoisotopic (exact) mass is 650 g/mol. The first kappa shape index (κ1) is 49.9. The minimum absolute atomic E-state index is 0. The fourth-order valence-electron chi connectivity index (χ4n) is 0. The molecule has 0 fully saturated rings. The van der Waals surface area contributed by atoms with Gasteiger partial charge in [-0.3, -0.25) is 0 Å². The van der Waals surface area contributed by atoms with Crippen LogP contribution in [0.1, 0.15) is 27.2 Å². The largest absolute Gasteiger partial charge is 0.555 e. The van der Waals surface area contributed by atoms with Crippen LogP contribution < -0.4 is 0 Å². The van der Waals surface area contributed by atoms with Crippen LogP contribution in [0, 0.1) is 13.0 Å². The minimum atomic E-state index is 0. The van der Waals surface area contributed by atoms with Crippen molar-refractivity contribution in [2.24, 2.45) is 0 Å². The molecule has 0 aliphatic heterocycles. The number of unbranched alkanes of at least 4 members (excludes halogenated alkanes) is 1. The molecule has 7 heteroatoms. The molecule has 14 heavy (non-hydrogen) atoms. The molecule has 0 atom stereocenters. The summed E-state index contributed by atoms with van der Waals surface area (Å²) in [7, 11) is 1.62. The van der Waals surface area contributed by atoms with Gasteiger partial charge in [0.15, 0.2) is 0 Å². The third-order valence-corrected chi connectivity index (χ3v) is 0.644. The molecule has 0 N–H and O–H groups in total. The fourth-order valence-corrected chi connectivity index (χ4v) is 0. The van der Waals surface area contributed by atoms with Crippen molar-refractivity contribution in [1.82, 2.24) is 0 Å². The van der Waals surface area contributed by atoms with Crippen molar-refractivity contribution in [3.8, 4) is 0 Å². The maximum absolute atomic E-state index is 4.42. The van der Waals surface area contributed by atoms with E-state index >= 15 is 0 Å². The second-order valence-electron chi connectivity index (χ2n) is 1.29. The van der Waals surface area contributed by atoms with Crippen molar-refractivity contribution < 1.29 is 201 Å². The Morgan fingerprint density at radius 2 is 1.00 bits per heavy atom. The van der Waals surface area contributed by atoms with E-state index in [1.165, 1.54) is 6.42 Å². The Morgan fingerprint density at radius 1 is 0.857 bits per heavy atom. The molecule has 0 spiro atoms. The molecule has 70 valence electrons. The Balaban J connectivity index is -0.00000000600. The van der Waals surface area contributed by atoms with E-state index < -0.39 is 0 Å². The standard InChI is InChI=1S/C4H9.C3H7O.6Y/c2*1-3-4-2;;;;;;/h3H,4H2,1-2H3;3H,1-2H3;;;;;;/q2*-1;;;;;;. The first-order valence-electron chi connectivity index (χ1n) is 2.91. The van der Waals surface area contributed by atoms with Gasteiger partial charge in [0.05, 0.1) is 0 Å². The number of ether oxygens (including phenoxy) is 1. The van der Waals surface area contributed by atoms with Crippen LogP contribution >= 0.6 is 0 Å². The predicted molar refractivity (Wildman–Crippen MR) is 37.2 cm³/mol. The van der Waals surface area contributed by atoms with Gasteiger partial charge in [0, 0.05) is 196 Å². The summed E-state index contributed by atoms with van der Waals surface area (Å²) in [6.45, 7) is 7.64. The van der Waals surface area contributed by atoms with Crippen molar-refractivity contribution in [2.45, 2.75) is 27.2 Å². The molecule has 0 aromatic rings. The zero-order valence-corrected chi connectivity index (χ0v) is 26.8. The van der Waals surface area contributed by atoms with Gasteiger partial charge in [-0.25, -0.2) is 6.61 Å². The van der Waals surface area contributed by atoms with Crippen molar-refractivity contribution in [3.05, 3.63) is 13.0 Å². The van der Waals surface area contributed by atoms with E-state index in [2.05, 4.69) is 25.0 Å². The molecular formula is C7H16OY6-2. The number of hydrogen-bond donors (Lipinski definition) is 0. The summed E-state index contributed by atoms with van der Waals surface area (Å²) < 4.78 is 4.42. The summed E-state index contributed by atoms with van der Waals surface area (Å²) in [5, 5.41) is 0. The summed E-state index contributed by atoms with van der Waals surface area (Å²) in [5.41, 5.74) is 0. The van der Waals surface area contributed by atoms with Crippen LogP contribution in [0.5, 0.6) is 0 Å². The van der Waals surface area contributed by atoms with Crippen LogP contribution in [0.25, 0.3) is 0 Å². The molecule has 0 aromatic carbocycles. The quantitative estimate of drug-likeness (QED) is 0.418. The second-order valence-corrected chi connectivity index (χ2v) is 1.29. The van der Waals surface area contributed by atoms with Crippen LogP contribution in [-0.2, 0) is 201 Å². The summed E-state index contributed by atoms with van der Waals surface area (Å²) in [5.74, 6) is 0. The van der Waals surface area contributed by atoms with Gasteiger partial charge in [0.25, 0.3) is 0 Å². The van der Waals surface area contributed by atoms with Gasteiger partial charge in [0.1, 0.15) is 0 Å². The molecular weight excluding hydrogens is 634 g/mol. The van der Waals surface area contributed by atoms with Crippen molar-refractivity contribution in [1.29, 1.82) is 0 Å². The Morgan fingerprint density at radius 3 is 1.00 bits per heavy atom. The Hall–Kier alpha value is 6.58. The van der Waals surface area contributed by atoms with Gasteiger partial charge >= 0.3 is 0 Å². The maximum atomic E-state index is 4.42. The SMILES string of the molecule is C[CH-]CC.C[CH-]OC.[Y].[Y].[Y].[Y].[Y].[Y]. The Kier molecular flexibility index (Phi) is 215. The maximum Gasteiger partial charge on any atom is 0 e. The molecule has 0 amide bonds. The molecule has 0 unspecified atom stereocenters. The minimum Gasteiger partial charge on any atom is -0.555 e. The van der Waals surface area contributed by atoms with Gasteiger partial charge in [-0.1, -0.05) is 6.92 Å². The van der Waals surface area contributed by atoms with Crippen molar-refractivity contribution in [3.63, 3.8) is 0 Å². The van der Waals surface area contributed by atoms with E-state index in [9.17, 15) is 0 Å². The molecule has 0 aliphatic carbocycles. The molecule has 1 nitrogen and oxygen atoms in total. The molecule has 6 radical (unpaired) electrons. The third-order valence-electron chi connectivity index (χ3n) is 0.644. The normalized spacial score (nSPS) is 4.29. The molecule has 0 heterocycles. The summed E-state index contributed by atoms with van der Waals surface area (Å²) in [4.78, 5) is 0. The van der Waals surface area contributed by atoms with E-state index in [-0.39, 0.29) is 196 Å². The third kappa shape index (κ3) is 78.0. The van der Waals surface area contributed by atoms with E-state index in [0.717, 1.165) is 0 Å². The zero-order chi connectivity index (χ0) is 6.83. The van der Waals surface area contributed by atoms with Crippen molar-refractivity contribution >= 4 is 0 Å². The first-order valence-corrected chi connectivity index (χ1v) is 2.91. The second kappa shape index (κ2) is 60.4. The Labute approximate surface area is 241 Å². The van der Waals surface area contributed by atoms with E-state index in [1.54, 1.807) is 13.7 Å². The predicted octanol–water partition coefficient (Wildman–Crippen LogP) is 2.42. The average molecular weight is 650 g/mol. The molecule has 0 bridgehead atoms. The summed E-state index contributed by atoms with van der Waals surface area (Å²) >= 11 is 0. The number of methoxy groups -OCH3 is 1. The number of hydrogen-bond acceptors (Lipinski definition) is 1. The van der Waals surface area contributed by atoms with Crippen LogP contribution in [0.15, 0.2) is 0 Å². The molecule has 0 saturated carbocycles. The smallest absolute Gasteiger partial charge is 0 e.